The highest BCUT2D eigenvalue weighted by Crippen LogP contribution is 2.36. The van der Waals surface area contributed by atoms with Crippen LogP contribution in [0.5, 0.6) is 5.88 Å². The molecule has 0 aliphatic carbocycles. The van der Waals surface area contributed by atoms with Crippen molar-refractivity contribution in [1.29, 1.82) is 0 Å². The van der Waals surface area contributed by atoms with Gasteiger partial charge in [0.2, 0.25) is 5.88 Å². The molecule has 0 N–H and O–H groups in total. The topological polar surface area (TPSA) is 57.7 Å². The number of nitrogens with zero attached hydrogens (tertiary/aromatic N) is 1. The average Bonchev–Trinajstić information content (AvgIpc) is 2.65. The predicted octanol–water partition coefficient (Wildman–Crippen LogP) is 3.50. The minimum atomic E-state index is -2.90. The van der Waals surface area contributed by atoms with Gasteiger partial charge in [0.1, 0.15) is 11.9 Å². The van der Waals surface area contributed by atoms with Gasteiger partial charge in [0.25, 0.3) is 0 Å². The summed E-state index contributed by atoms with van der Waals surface area (Å²) >= 11 is 0. The predicted molar refractivity (Wildman–Crippen MR) is 99.6 cm³/mol. The van der Waals surface area contributed by atoms with E-state index in [1.54, 1.807) is 19.1 Å². The molecule has 1 aromatic heterocycles. The summed E-state index contributed by atoms with van der Waals surface area (Å²) in [6.45, 7) is -1.41. The van der Waals surface area contributed by atoms with Gasteiger partial charge in [-0.1, -0.05) is 12.1 Å². The van der Waals surface area contributed by atoms with Gasteiger partial charge < -0.3 is 14.2 Å². The van der Waals surface area contributed by atoms with Gasteiger partial charge in [-0.15, -0.1) is 9.24 Å². The number of hydrogen-bond acceptors (Lipinski definition) is 5. The molecule has 1 aliphatic heterocycles. The maximum Gasteiger partial charge on any atom is 0.357 e. The Morgan fingerprint density at radius 3 is 2.82 bits per heavy atom. The first-order valence-corrected chi connectivity index (χ1v) is 9.29. The lowest BCUT2D eigenvalue weighted by Gasteiger charge is -2.27. The molecule has 2 aromatic rings. The van der Waals surface area contributed by atoms with Crippen LogP contribution in [0.1, 0.15) is 29.4 Å². The number of pyridine rings is 1. The Labute approximate surface area is 162 Å². The number of benzene rings is 1. The maximum atomic E-state index is 14.6. The van der Waals surface area contributed by atoms with Crippen LogP contribution in [-0.2, 0) is 15.9 Å². The molecule has 0 saturated carbocycles. The lowest BCUT2D eigenvalue weighted by Crippen LogP contribution is -2.30. The van der Waals surface area contributed by atoms with Crippen molar-refractivity contribution in [3.05, 3.63) is 41.3 Å². The normalized spacial score (nSPS) is 15.9. The summed E-state index contributed by atoms with van der Waals surface area (Å²) in [6, 6.07) is 6.16. The standard InChI is InChI=1S/C19H19F3NO4P/c1-2-25-18(24)16-8-14(12-6-4-11(28)7-15(12)20)13-5-3-10(9-26-19(21)22)27-17(13)23-16/h4,6-8,10,19H,2-3,5,9,28H2,1H3. The Hall–Kier alpha value is -2.18. The van der Waals surface area contributed by atoms with E-state index in [-0.39, 0.29) is 24.8 Å². The van der Waals surface area contributed by atoms with E-state index in [0.717, 1.165) is 0 Å². The number of hydrogen-bond donors (Lipinski definition) is 0. The van der Waals surface area contributed by atoms with Crippen LogP contribution in [0.2, 0.25) is 0 Å². The van der Waals surface area contributed by atoms with Crippen molar-refractivity contribution in [3.8, 4) is 17.0 Å². The second kappa shape index (κ2) is 8.88. The molecule has 9 heteroatoms. The molecule has 0 saturated heterocycles. The molecular weight excluding hydrogens is 394 g/mol. The highest BCUT2D eigenvalue weighted by molar-refractivity contribution is 7.27. The third kappa shape index (κ3) is 4.62. The van der Waals surface area contributed by atoms with E-state index in [1.165, 1.54) is 12.1 Å². The summed E-state index contributed by atoms with van der Waals surface area (Å²) in [4.78, 5) is 16.4. The highest BCUT2D eigenvalue weighted by atomic mass is 31.0. The van der Waals surface area contributed by atoms with Gasteiger partial charge in [-0.25, -0.2) is 14.2 Å². The molecule has 3 rings (SSSR count). The van der Waals surface area contributed by atoms with Gasteiger partial charge in [0.15, 0.2) is 5.69 Å². The van der Waals surface area contributed by atoms with Crippen LogP contribution in [0.3, 0.4) is 0 Å². The summed E-state index contributed by atoms with van der Waals surface area (Å²) in [5.41, 5.74) is 1.32. The van der Waals surface area contributed by atoms with E-state index >= 15 is 0 Å². The van der Waals surface area contributed by atoms with E-state index in [2.05, 4.69) is 19.0 Å². The summed E-state index contributed by atoms with van der Waals surface area (Å²) < 4.78 is 54.2. The van der Waals surface area contributed by atoms with Crippen molar-refractivity contribution in [2.75, 3.05) is 13.2 Å². The summed E-state index contributed by atoms with van der Waals surface area (Å²) in [5.74, 6) is -1.04. The number of halogens is 3. The Kier molecular flexibility index (Phi) is 6.52. The molecule has 0 fully saturated rings. The lowest BCUT2D eigenvalue weighted by atomic mass is 9.94. The van der Waals surface area contributed by atoms with E-state index in [4.69, 9.17) is 9.47 Å². The van der Waals surface area contributed by atoms with Crippen molar-refractivity contribution < 1.29 is 32.2 Å². The molecule has 0 spiro atoms. The first kappa shape index (κ1) is 20.6. The largest absolute Gasteiger partial charge is 0.472 e. The fourth-order valence-electron chi connectivity index (χ4n) is 3.01. The van der Waals surface area contributed by atoms with Gasteiger partial charge >= 0.3 is 12.6 Å². The summed E-state index contributed by atoms with van der Waals surface area (Å²) in [5, 5.41) is 0.676. The van der Waals surface area contributed by atoms with Crippen molar-refractivity contribution in [2.45, 2.75) is 32.5 Å². The Morgan fingerprint density at radius 1 is 1.36 bits per heavy atom. The summed E-state index contributed by atoms with van der Waals surface area (Å²) in [6.07, 6.45) is 0.176. The van der Waals surface area contributed by atoms with Gasteiger partial charge in [0.05, 0.1) is 13.2 Å². The number of fused-ring (bicyclic) bond motifs is 1. The lowest BCUT2D eigenvalue weighted by molar-refractivity contribution is -0.146. The van der Waals surface area contributed by atoms with Crippen molar-refractivity contribution in [2.24, 2.45) is 0 Å². The number of aromatic nitrogens is 1. The average molecular weight is 413 g/mol. The molecule has 0 bridgehead atoms. The van der Waals surface area contributed by atoms with E-state index in [1.807, 2.05) is 0 Å². The van der Waals surface area contributed by atoms with Crippen LogP contribution in [0.25, 0.3) is 11.1 Å². The van der Waals surface area contributed by atoms with Crippen LogP contribution in [0.15, 0.2) is 24.3 Å². The second-order valence-corrected chi connectivity index (χ2v) is 6.84. The molecular formula is C19H19F3NO4P. The van der Waals surface area contributed by atoms with E-state index < -0.39 is 24.5 Å². The summed E-state index contributed by atoms with van der Waals surface area (Å²) in [7, 11) is 2.41. The zero-order valence-electron chi connectivity index (χ0n) is 15.1. The van der Waals surface area contributed by atoms with Crippen LogP contribution < -0.4 is 10.0 Å². The molecule has 150 valence electrons. The third-order valence-electron chi connectivity index (χ3n) is 4.26. The van der Waals surface area contributed by atoms with Crippen molar-refractivity contribution >= 4 is 20.5 Å². The first-order chi connectivity index (χ1) is 13.4. The van der Waals surface area contributed by atoms with Crippen molar-refractivity contribution in [1.82, 2.24) is 4.98 Å². The molecule has 0 amide bonds. The smallest absolute Gasteiger partial charge is 0.357 e. The maximum absolute atomic E-state index is 14.6. The Balaban J connectivity index is 2.03. The molecule has 0 radical (unpaired) electrons. The quantitative estimate of drug-likeness (QED) is 0.536. The van der Waals surface area contributed by atoms with Gasteiger partial charge in [-0.2, -0.15) is 8.78 Å². The number of ether oxygens (including phenoxy) is 3. The number of esters is 1. The molecule has 28 heavy (non-hydrogen) atoms. The Morgan fingerprint density at radius 2 is 2.14 bits per heavy atom. The van der Waals surface area contributed by atoms with Crippen LogP contribution in [0, 0.1) is 5.82 Å². The number of rotatable bonds is 6. The van der Waals surface area contributed by atoms with Crippen molar-refractivity contribution in [3.63, 3.8) is 0 Å². The Bertz CT molecular complexity index is 878. The van der Waals surface area contributed by atoms with Gasteiger partial charge in [0, 0.05) is 11.1 Å². The molecule has 1 aromatic carbocycles. The van der Waals surface area contributed by atoms with Gasteiger partial charge in [-0.05, 0) is 42.8 Å². The fourth-order valence-corrected chi connectivity index (χ4v) is 3.25. The monoisotopic (exact) mass is 413 g/mol. The second-order valence-electron chi connectivity index (χ2n) is 6.17. The fraction of sp³-hybridized carbons (Fsp3) is 0.368. The highest BCUT2D eigenvalue weighted by Gasteiger charge is 2.28. The third-order valence-corrected chi connectivity index (χ3v) is 4.62. The van der Waals surface area contributed by atoms with Crippen LogP contribution in [0.4, 0.5) is 13.2 Å². The van der Waals surface area contributed by atoms with E-state index in [0.29, 0.717) is 34.8 Å². The number of carbonyl (C=O) groups excluding carboxylic acids is 1. The molecule has 2 unspecified atom stereocenters. The minimum absolute atomic E-state index is 0.0413. The zero-order chi connectivity index (χ0) is 20.3. The van der Waals surface area contributed by atoms with Crippen LogP contribution >= 0.6 is 9.24 Å². The first-order valence-electron chi connectivity index (χ1n) is 8.71. The molecule has 5 nitrogen and oxygen atoms in total. The minimum Gasteiger partial charge on any atom is -0.472 e. The molecule has 2 heterocycles. The molecule has 1 aliphatic rings. The SMILES string of the molecule is CCOC(=O)c1cc(-c2ccc(P)cc2F)c2c(n1)OC(COC(F)F)CC2. The van der Waals surface area contributed by atoms with E-state index in [9.17, 15) is 18.0 Å². The molecule has 2 atom stereocenters. The van der Waals surface area contributed by atoms with Crippen LogP contribution in [-0.4, -0.2) is 36.9 Å². The number of carbonyl (C=O) groups is 1. The van der Waals surface area contributed by atoms with Gasteiger partial charge in [-0.3, -0.25) is 0 Å². The zero-order valence-corrected chi connectivity index (χ0v) is 16.2. The number of alkyl halides is 2.